The zero-order valence-electron chi connectivity index (χ0n) is 12.9. The molecule has 0 bridgehead atoms. The van der Waals surface area contributed by atoms with Crippen LogP contribution in [0.1, 0.15) is 58.3 Å². The van der Waals surface area contributed by atoms with Crippen molar-refractivity contribution in [3.05, 3.63) is 0 Å². The first-order valence-corrected chi connectivity index (χ1v) is 8.89. The standard InChI is InChI=1S/C16H26N2O2S/c1-12-4-8-16(9-5-12)13(19)18(14(20)17-16)10-15(11-21)6-2-3-7-15/h12,21H,2-11H2,1H3,(H,17,20). The van der Waals surface area contributed by atoms with Crippen molar-refractivity contribution >= 4 is 24.6 Å². The van der Waals surface area contributed by atoms with Crippen molar-refractivity contribution in [3.8, 4) is 0 Å². The van der Waals surface area contributed by atoms with Crippen molar-refractivity contribution in [2.45, 2.75) is 63.8 Å². The average molecular weight is 310 g/mol. The van der Waals surface area contributed by atoms with E-state index in [4.69, 9.17) is 0 Å². The molecule has 2 aliphatic carbocycles. The van der Waals surface area contributed by atoms with E-state index in [0.717, 1.165) is 44.3 Å². The second kappa shape index (κ2) is 5.49. The quantitative estimate of drug-likeness (QED) is 0.622. The Kier molecular flexibility index (Phi) is 3.97. The van der Waals surface area contributed by atoms with Crippen LogP contribution >= 0.6 is 12.6 Å². The fourth-order valence-electron chi connectivity index (χ4n) is 4.24. The predicted octanol–water partition coefficient (Wildman–Crippen LogP) is 2.98. The molecule has 0 aromatic heterocycles. The van der Waals surface area contributed by atoms with Gasteiger partial charge >= 0.3 is 6.03 Å². The van der Waals surface area contributed by atoms with Crippen LogP contribution in [0.15, 0.2) is 0 Å². The molecule has 118 valence electrons. The molecule has 1 N–H and O–H groups in total. The first kappa shape index (κ1) is 15.2. The molecule has 0 radical (unpaired) electrons. The molecule has 0 unspecified atom stereocenters. The number of imide groups is 1. The van der Waals surface area contributed by atoms with Crippen LogP contribution in [0.4, 0.5) is 4.79 Å². The van der Waals surface area contributed by atoms with Gasteiger partial charge in [-0.25, -0.2) is 4.79 Å². The highest BCUT2D eigenvalue weighted by molar-refractivity contribution is 7.80. The van der Waals surface area contributed by atoms with Crippen LogP contribution in [0.5, 0.6) is 0 Å². The Balaban J connectivity index is 1.75. The summed E-state index contributed by atoms with van der Waals surface area (Å²) < 4.78 is 0. The molecule has 3 rings (SSSR count). The van der Waals surface area contributed by atoms with E-state index in [1.54, 1.807) is 0 Å². The highest BCUT2D eigenvalue weighted by Crippen LogP contribution is 2.42. The fraction of sp³-hybridized carbons (Fsp3) is 0.875. The highest BCUT2D eigenvalue weighted by atomic mass is 32.1. The van der Waals surface area contributed by atoms with Gasteiger partial charge in [-0.15, -0.1) is 0 Å². The van der Waals surface area contributed by atoms with Gasteiger partial charge in [-0.05, 0) is 55.6 Å². The molecule has 3 amide bonds. The molecule has 2 saturated carbocycles. The smallest absolute Gasteiger partial charge is 0.323 e. The lowest BCUT2D eigenvalue weighted by Crippen LogP contribution is -2.50. The number of rotatable bonds is 3. The second-order valence-corrected chi connectivity index (χ2v) is 7.77. The zero-order valence-corrected chi connectivity index (χ0v) is 13.8. The first-order valence-electron chi connectivity index (χ1n) is 8.25. The molecule has 1 heterocycles. The van der Waals surface area contributed by atoms with E-state index in [-0.39, 0.29) is 17.4 Å². The SMILES string of the molecule is CC1CCC2(CC1)NC(=O)N(CC1(CS)CCCC1)C2=O. The van der Waals surface area contributed by atoms with Gasteiger partial charge in [0.05, 0.1) is 0 Å². The molecule has 1 aliphatic heterocycles. The maximum absolute atomic E-state index is 12.9. The number of thiol groups is 1. The maximum Gasteiger partial charge on any atom is 0.325 e. The van der Waals surface area contributed by atoms with Gasteiger partial charge in [-0.3, -0.25) is 9.69 Å². The summed E-state index contributed by atoms with van der Waals surface area (Å²) in [4.78, 5) is 26.7. The van der Waals surface area contributed by atoms with Gasteiger partial charge in [-0.1, -0.05) is 19.8 Å². The van der Waals surface area contributed by atoms with Crippen LogP contribution in [0.3, 0.4) is 0 Å². The van der Waals surface area contributed by atoms with Crippen molar-refractivity contribution in [1.82, 2.24) is 10.2 Å². The molecule has 0 aromatic rings. The Bertz CT molecular complexity index is 438. The number of nitrogens with one attached hydrogen (secondary N) is 1. The van der Waals surface area contributed by atoms with Crippen LogP contribution in [-0.2, 0) is 4.79 Å². The van der Waals surface area contributed by atoms with Gasteiger partial charge in [0.2, 0.25) is 0 Å². The molecule has 3 fully saturated rings. The number of carbonyl (C=O) groups is 2. The Morgan fingerprint density at radius 3 is 2.38 bits per heavy atom. The average Bonchev–Trinajstić information content (AvgIpc) is 3.03. The molecule has 1 spiro atoms. The summed E-state index contributed by atoms with van der Waals surface area (Å²) in [5.74, 6) is 1.44. The molecule has 5 heteroatoms. The molecule has 0 atom stereocenters. The third-order valence-corrected chi connectivity index (χ3v) is 6.54. The minimum atomic E-state index is -0.597. The summed E-state index contributed by atoms with van der Waals surface area (Å²) >= 11 is 4.49. The third kappa shape index (κ3) is 2.58. The first-order chi connectivity index (χ1) is 10.0. The Morgan fingerprint density at radius 2 is 1.81 bits per heavy atom. The number of hydrogen-bond acceptors (Lipinski definition) is 3. The van der Waals surface area contributed by atoms with E-state index < -0.39 is 5.54 Å². The number of hydrogen-bond donors (Lipinski definition) is 2. The fourth-order valence-corrected chi connectivity index (χ4v) is 4.66. The Labute approximate surface area is 132 Å². The van der Waals surface area contributed by atoms with Crippen LogP contribution in [-0.4, -0.2) is 34.7 Å². The van der Waals surface area contributed by atoms with Crippen molar-refractivity contribution in [2.75, 3.05) is 12.3 Å². The number of carbonyl (C=O) groups excluding carboxylic acids is 2. The van der Waals surface area contributed by atoms with Gasteiger partial charge in [0, 0.05) is 6.54 Å². The predicted molar refractivity (Wildman–Crippen MR) is 85.4 cm³/mol. The topological polar surface area (TPSA) is 49.4 Å². The molecule has 1 saturated heterocycles. The lowest BCUT2D eigenvalue weighted by Gasteiger charge is -2.35. The monoisotopic (exact) mass is 310 g/mol. The molecular formula is C16H26N2O2S. The normalized spacial score (nSPS) is 35.5. The van der Waals surface area contributed by atoms with E-state index in [9.17, 15) is 9.59 Å². The summed E-state index contributed by atoms with van der Waals surface area (Å²) in [5.41, 5.74) is -0.552. The highest BCUT2D eigenvalue weighted by Gasteiger charge is 2.53. The summed E-state index contributed by atoms with van der Waals surface area (Å²) in [7, 11) is 0. The Morgan fingerprint density at radius 1 is 1.19 bits per heavy atom. The van der Waals surface area contributed by atoms with Crippen molar-refractivity contribution < 1.29 is 9.59 Å². The minimum Gasteiger partial charge on any atom is -0.323 e. The van der Waals surface area contributed by atoms with E-state index in [2.05, 4.69) is 24.9 Å². The largest absolute Gasteiger partial charge is 0.325 e. The molecule has 4 nitrogen and oxygen atoms in total. The van der Waals surface area contributed by atoms with Crippen LogP contribution in [0.2, 0.25) is 0 Å². The van der Waals surface area contributed by atoms with Crippen molar-refractivity contribution in [1.29, 1.82) is 0 Å². The minimum absolute atomic E-state index is 0.0208. The summed E-state index contributed by atoms with van der Waals surface area (Å²) in [6.07, 6.45) is 8.18. The lowest BCUT2D eigenvalue weighted by atomic mass is 9.77. The third-order valence-electron chi connectivity index (χ3n) is 5.87. The van der Waals surface area contributed by atoms with Gasteiger partial charge in [0.25, 0.3) is 5.91 Å². The van der Waals surface area contributed by atoms with Gasteiger partial charge in [0.1, 0.15) is 5.54 Å². The van der Waals surface area contributed by atoms with Crippen LogP contribution in [0.25, 0.3) is 0 Å². The van der Waals surface area contributed by atoms with Gasteiger partial charge in [-0.2, -0.15) is 12.6 Å². The van der Waals surface area contributed by atoms with E-state index in [0.29, 0.717) is 12.5 Å². The summed E-state index contributed by atoms with van der Waals surface area (Å²) in [6.45, 7) is 2.78. The summed E-state index contributed by atoms with van der Waals surface area (Å²) in [6, 6.07) is -0.178. The van der Waals surface area contributed by atoms with Gasteiger partial charge in [0.15, 0.2) is 0 Å². The van der Waals surface area contributed by atoms with E-state index in [1.165, 1.54) is 17.7 Å². The van der Waals surface area contributed by atoms with Gasteiger partial charge < -0.3 is 5.32 Å². The van der Waals surface area contributed by atoms with Crippen LogP contribution in [0, 0.1) is 11.3 Å². The molecular weight excluding hydrogens is 284 g/mol. The zero-order chi connectivity index (χ0) is 15.1. The molecule has 21 heavy (non-hydrogen) atoms. The van der Waals surface area contributed by atoms with Crippen LogP contribution < -0.4 is 5.32 Å². The summed E-state index contributed by atoms with van der Waals surface area (Å²) in [5, 5.41) is 3.02. The second-order valence-electron chi connectivity index (χ2n) is 7.45. The number of urea groups is 1. The maximum atomic E-state index is 12.9. The van der Waals surface area contributed by atoms with Crippen molar-refractivity contribution in [3.63, 3.8) is 0 Å². The Hall–Kier alpha value is -0.710. The molecule has 0 aromatic carbocycles. The van der Waals surface area contributed by atoms with Crippen molar-refractivity contribution in [2.24, 2.45) is 11.3 Å². The van der Waals surface area contributed by atoms with E-state index >= 15 is 0 Å². The number of nitrogens with zero attached hydrogens (tertiary/aromatic N) is 1. The van der Waals surface area contributed by atoms with E-state index in [1.807, 2.05) is 0 Å². The number of amides is 3. The lowest BCUT2D eigenvalue weighted by molar-refractivity contribution is -0.133. The molecule has 3 aliphatic rings.